The number of hydrogen-bond acceptors (Lipinski definition) is 3. The van der Waals surface area contributed by atoms with E-state index in [1.165, 1.54) is 12.3 Å². The molecule has 0 fully saturated rings. The highest BCUT2D eigenvalue weighted by Crippen LogP contribution is 2.16. The van der Waals surface area contributed by atoms with Crippen LogP contribution in [0.15, 0.2) is 83.6 Å². The van der Waals surface area contributed by atoms with E-state index in [0.717, 1.165) is 10.0 Å². The third-order valence-electron chi connectivity index (χ3n) is 3.61. The van der Waals surface area contributed by atoms with E-state index in [1.807, 2.05) is 24.3 Å². The molecule has 0 spiro atoms. The number of nitrogens with zero attached hydrogens (tertiary/aromatic N) is 1. The first-order valence-corrected chi connectivity index (χ1v) is 8.95. The summed E-state index contributed by atoms with van der Waals surface area (Å²) in [5, 5.41) is 5.56. The van der Waals surface area contributed by atoms with Crippen molar-refractivity contribution in [3.05, 3.63) is 94.7 Å². The maximum atomic E-state index is 12.2. The fraction of sp³-hybridized carbons (Fsp3) is 0. The fourth-order valence-electron chi connectivity index (χ4n) is 2.30. The van der Waals surface area contributed by atoms with Crippen LogP contribution in [0, 0.1) is 0 Å². The van der Waals surface area contributed by atoms with Crippen LogP contribution in [0.25, 0.3) is 6.08 Å². The summed E-state index contributed by atoms with van der Waals surface area (Å²) < 4.78 is 0.981. The number of carbonyl (C=O) groups excluding carboxylic acids is 2. The van der Waals surface area contributed by atoms with Gasteiger partial charge in [-0.05, 0) is 54.1 Å². The lowest BCUT2D eigenvalue weighted by atomic mass is 10.2. The summed E-state index contributed by atoms with van der Waals surface area (Å²) in [4.78, 5) is 28.2. The van der Waals surface area contributed by atoms with E-state index >= 15 is 0 Å². The van der Waals surface area contributed by atoms with E-state index in [1.54, 1.807) is 48.7 Å². The Morgan fingerprint density at radius 1 is 0.926 bits per heavy atom. The van der Waals surface area contributed by atoms with Crippen LogP contribution in [0.3, 0.4) is 0 Å². The third-order valence-corrected chi connectivity index (χ3v) is 4.14. The summed E-state index contributed by atoms with van der Waals surface area (Å²) in [5.41, 5.74) is 2.55. The molecule has 2 aromatic carbocycles. The zero-order valence-electron chi connectivity index (χ0n) is 14.2. The molecule has 0 aliphatic rings. The van der Waals surface area contributed by atoms with Gasteiger partial charge in [0, 0.05) is 34.3 Å². The molecule has 0 saturated heterocycles. The van der Waals surface area contributed by atoms with Crippen LogP contribution in [0.5, 0.6) is 0 Å². The Morgan fingerprint density at radius 2 is 1.67 bits per heavy atom. The molecule has 0 atom stereocenters. The van der Waals surface area contributed by atoms with Gasteiger partial charge in [-0.2, -0.15) is 0 Å². The highest BCUT2D eigenvalue weighted by molar-refractivity contribution is 9.10. The van der Waals surface area contributed by atoms with E-state index in [9.17, 15) is 9.59 Å². The SMILES string of the molecule is O=C(/C=C/c1ccc(Br)cc1)Nc1cccc(NC(=O)c2cccnc2)c1. The van der Waals surface area contributed by atoms with Gasteiger partial charge >= 0.3 is 0 Å². The molecule has 0 unspecified atom stereocenters. The molecule has 27 heavy (non-hydrogen) atoms. The largest absolute Gasteiger partial charge is 0.322 e. The van der Waals surface area contributed by atoms with Crippen molar-refractivity contribution in [2.75, 3.05) is 10.6 Å². The summed E-state index contributed by atoms with van der Waals surface area (Å²) >= 11 is 3.37. The van der Waals surface area contributed by atoms with Gasteiger partial charge in [-0.25, -0.2) is 0 Å². The second-order valence-electron chi connectivity index (χ2n) is 5.65. The van der Waals surface area contributed by atoms with Gasteiger partial charge in [0.05, 0.1) is 5.56 Å². The van der Waals surface area contributed by atoms with Crippen molar-refractivity contribution in [3.63, 3.8) is 0 Å². The standard InChI is InChI=1S/C21H16BrN3O2/c22-17-9-6-15(7-10-17)8-11-20(26)24-18-4-1-5-19(13-18)25-21(27)16-3-2-12-23-14-16/h1-14H,(H,24,26)(H,25,27)/b11-8+. The van der Waals surface area contributed by atoms with E-state index < -0.39 is 0 Å². The van der Waals surface area contributed by atoms with Gasteiger partial charge in [0.1, 0.15) is 0 Å². The van der Waals surface area contributed by atoms with Crippen LogP contribution in [-0.4, -0.2) is 16.8 Å². The molecular weight excluding hydrogens is 406 g/mol. The number of nitrogens with one attached hydrogen (secondary N) is 2. The molecule has 0 radical (unpaired) electrons. The van der Waals surface area contributed by atoms with Gasteiger partial charge in [0.25, 0.3) is 5.91 Å². The number of pyridine rings is 1. The van der Waals surface area contributed by atoms with Crippen LogP contribution in [0.1, 0.15) is 15.9 Å². The van der Waals surface area contributed by atoms with Crippen molar-refractivity contribution in [2.45, 2.75) is 0 Å². The first-order valence-electron chi connectivity index (χ1n) is 8.16. The minimum atomic E-state index is -0.262. The van der Waals surface area contributed by atoms with Gasteiger partial charge in [-0.1, -0.05) is 34.1 Å². The molecule has 0 bridgehead atoms. The molecule has 2 amide bonds. The topological polar surface area (TPSA) is 71.1 Å². The Balaban J connectivity index is 1.62. The van der Waals surface area contributed by atoms with Crippen LogP contribution in [0.4, 0.5) is 11.4 Å². The summed E-state index contributed by atoms with van der Waals surface area (Å²) in [6, 6.07) is 18.0. The Hall–Kier alpha value is -3.25. The molecule has 0 aliphatic heterocycles. The smallest absolute Gasteiger partial charge is 0.257 e. The van der Waals surface area contributed by atoms with Crippen molar-refractivity contribution in [3.8, 4) is 0 Å². The number of benzene rings is 2. The van der Waals surface area contributed by atoms with E-state index in [0.29, 0.717) is 16.9 Å². The maximum absolute atomic E-state index is 12.2. The molecule has 1 heterocycles. The van der Waals surface area contributed by atoms with Crippen molar-refractivity contribution in [1.29, 1.82) is 0 Å². The second-order valence-corrected chi connectivity index (χ2v) is 6.57. The number of halogens is 1. The number of carbonyl (C=O) groups is 2. The van der Waals surface area contributed by atoms with Crippen molar-refractivity contribution in [1.82, 2.24) is 4.98 Å². The molecule has 134 valence electrons. The first kappa shape index (κ1) is 18.5. The highest BCUT2D eigenvalue weighted by atomic mass is 79.9. The predicted molar refractivity (Wildman–Crippen MR) is 110 cm³/mol. The highest BCUT2D eigenvalue weighted by Gasteiger charge is 2.06. The summed E-state index contributed by atoms with van der Waals surface area (Å²) in [6.45, 7) is 0. The molecule has 5 nitrogen and oxygen atoms in total. The van der Waals surface area contributed by atoms with Gasteiger partial charge in [-0.3, -0.25) is 14.6 Å². The lowest BCUT2D eigenvalue weighted by molar-refractivity contribution is -0.111. The molecule has 1 aromatic heterocycles. The number of hydrogen-bond donors (Lipinski definition) is 2. The number of anilines is 2. The first-order chi connectivity index (χ1) is 13.1. The molecule has 6 heteroatoms. The zero-order chi connectivity index (χ0) is 19.1. The van der Waals surface area contributed by atoms with Crippen LogP contribution in [-0.2, 0) is 4.79 Å². The monoisotopic (exact) mass is 421 g/mol. The Morgan fingerprint density at radius 3 is 2.37 bits per heavy atom. The summed E-state index contributed by atoms with van der Waals surface area (Å²) in [6.07, 6.45) is 6.29. The van der Waals surface area contributed by atoms with Crippen molar-refractivity contribution >= 4 is 45.2 Å². The number of rotatable bonds is 5. The van der Waals surface area contributed by atoms with Crippen LogP contribution >= 0.6 is 15.9 Å². The van der Waals surface area contributed by atoms with Crippen molar-refractivity contribution in [2.24, 2.45) is 0 Å². The van der Waals surface area contributed by atoms with Gasteiger partial charge in [0.2, 0.25) is 5.91 Å². The van der Waals surface area contributed by atoms with Crippen LogP contribution in [0.2, 0.25) is 0 Å². The maximum Gasteiger partial charge on any atom is 0.257 e. The van der Waals surface area contributed by atoms with Gasteiger partial charge in [-0.15, -0.1) is 0 Å². The minimum Gasteiger partial charge on any atom is -0.322 e. The summed E-state index contributed by atoms with van der Waals surface area (Å²) in [7, 11) is 0. The normalized spacial score (nSPS) is 10.6. The Kier molecular flexibility index (Phi) is 6.12. The Labute approximate surface area is 165 Å². The molecule has 3 aromatic rings. The second kappa shape index (κ2) is 8.91. The average Bonchev–Trinajstić information content (AvgIpc) is 2.68. The molecular formula is C21H16BrN3O2. The predicted octanol–water partition coefficient (Wildman–Crippen LogP) is 4.75. The third kappa shape index (κ3) is 5.62. The lowest BCUT2D eigenvalue weighted by Crippen LogP contribution is -2.13. The van der Waals surface area contributed by atoms with Gasteiger partial charge < -0.3 is 10.6 Å². The lowest BCUT2D eigenvalue weighted by Gasteiger charge is -2.08. The fourth-order valence-corrected chi connectivity index (χ4v) is 2.57. The number of amides is 2. The molecule has 0 saturated carbocycles. The van der Waals surface area contributed by atoms with E-state index in [4.69, 9.17) is 0 Å². The molecule has 3 rings (SSSR count). The average molecular weight is 422 g/mol. The molecule has 2 N–H and O–H groups in total. The van der Waals surface area contributed by atoms with E-state index in [-0.39, 0.29) is 11.8 Å². The molecule has 0 aliphatic carbocycles. The minimum absolute atomic E-state index is 0.256. The zero-order valence-corrected chi connectivity index (χ0v) is 15.8. The summed E-state index contributed by atoms with van der Waals surface area (Å²) in [5.74, 6) is -0.518. The number of aromatic nitrogens is 1. The van der Waals surface area contributed by atoms with E-state index in [2.05, 4.69) is 31.5 Å². The van der Waals surface area contributed by atoms with Crippen molar-refractivity contribution < 1.29 is 9.59 Å². The quantitative estimate of drug-likeness (QED) is 0.583. The van der Waals surface area contributed by atoms with Gasteiger partial charge in [0.15, 0.2) is 0 Å². The van der Waals surface area contributed by atoms with Crippen LogP contribution < -0.4 is 10.6 Å². The Bertz CT molecular complexity index is 970.